The minimum atomic E-state index is 0. The zero-order valence-electron chi connectivity index (χ0n) is 7.47. The first kappa shape index (κ1) is 11.2. The highest BCUT2D eigenvalue weighted by Crippen LogP contribution is 2.08. The van der Waals surface area contributed by atoms with Gasteiger partial charge < -0.3 is 10.2 Å². The summed E-state index contributed by atoms with van der Waals surface area (Å²) in [4.78, 5) is 2.45. The van der Waals surface area contributed by atoms with Gasteiger partial charge in [-0.3, -0.25) is 0 Å². The molecular weight excluding hydrogens is 160 g/mol. The normalized spacial score (nSPS) is 19.9. The second kappa shape index (κ2) is 5.81. The van der Waals surface area contributed by atoms with Crippen LogP contribution in [0.15, 0.2) is 0 Å². The number of halogens is 1. The molecule has 68 valence electrons. The SMILES string of the molecule is CCN(C)C1CCNCC1.Cl. The lowest BCUT2D eigenvalue weighted by Crippen LogP contribution is -2.40. The van der Waals surface area contributed by atoms with Gasteiger partial charge in [-0.2, -0.15) is 0 Å². The summed E-state index contributed by atoms with van der Waals surface area (Å²) in [5.41, 5.74) is 0. The molecular formula is C8H19ClN2. The molecule has 0 aromatic rings. The fourth-order valence-corrected chi connectivity index (χ4v) is 1.51. The molecule has 1 aliphatic rings. The van der Waals surface area contributed by atoms with Crippen LogP contribution in [0.4, 0.5) is 0 Å². The van der Waals surface area contributed by atoms with Crippen LogP contribution in [0, 0.1) is 0 Å². The first-order valence-electron chi connectivity index (χ1n) is 4.25. The summed E-state index contributed by atoms with van der Waals surface area (Å²) in [7, 11) is 2.22. The van der Waals surface area contributed by atoms with Crippen molar-refractivity contribution in [3.05, 3.63) is 0 Å². The number of nitrogens with one attached hydrogen (secondary N) is 1. The topological polar surface area (TPSA) is 15.3 Å². The molecule has 1 aliphatic heterocycles. The third-order valence-corrected chi connectivity index (χ3v) is 2.43. The Hall–Kier alpha value is 0.210. The lowest BCUT2D eigenvalue weighted by molar-refractivity contribution is 0.208. The number of hydrogen-bond acceptors (Lipinski definition) is 2. The highest BCUT2D eigenvalue weighted by Gasteiger charge is 2.15. The van der Waals surface area contributed by atoms with E-state index in [1.54, 1.807) is 0 Å². The van der Waals surface area contributed by atoms with Gasteiger partial charge in [0.15, 0.2) is 0 Å². The van der Waals surface area contributed by atoms with Gasteiger partial charge in [0.05, 0.1) is 0 Å². The van der Waals surface area contributed by atoms with Crippen LogP contribution >= 0.6 is 12.4 Å². The predicted molar refractivity (Wildman–Crippen MR) is 51.4 cm³/mol. The van der Waals surface area contributed by atoms with E-state index in [1.165, 1.54) is 32.5 Å². The molecule has 0 aromatic heterocycles. The molecule has 0 amide bonds. The van der Waals surface area contributed by atoms with E-state index in [-0.39, 0.29) is 12.4 Å². The molecule has 11 heavy (non-hydrogen) atoms. The van der Waals surface area contributed by atoms with Crippen LogP contribution in [-0.2, 0) is 0 Å². The average Bonchev–Trinajstić information content (AvgIpc) is 2.05. The van der Waals surface area contributed by atoms with E-state index in [9.17, 15) is 0 Å². The van der Waals surface area contributed by atoms with Gasteiger partial charge in [-0.05, 0) is 39.5 Å². The molecule has 1 saturated heterocycles. The van der Waals surface area contributed by atoms with Crippen LogP contribution in [0.2, 0.25) is 0 Å². The molecule has 0 aromatic carbocycles. The van der Waals surface area contributed by atoms with E-state index in [1.807, 2.05) is 0 Å². The second-order valence-corrected chi connectivity index (χ2v) is 3.05. The summed E-state index contributed by atoms with van der Waals surface area (Å²) in [6.45, 7) is 5.82. The molecule has 2 nitrogen and oxygen atoms in total. The van der Waals surface area contributed by atoms with Crippen molar-refractivity contribution in [2.75, 3.05) is 26.7 Å². The molecule has 0 atom stereocenters. The maximum atomic E-state index is 3.37. The van der Waals surface area contributed by atoms with Gasteiger partial charge in [0.1, 0.15) is 0 Å². The summed E-state index contributed by atoms with van der Waals surface area (Å²) in [5, 5.41) is 3.37. The van der Waals surface area contributed by atoms with Gasteiger partial charge in [-0.25, -0.2) is 0 Å². The number of hydrogen-bond donors (Lipinski definition) is 1. The Bertz CT molecular complexity index is 92.1. The summed E-state index contributed by atoms with van der Waals surface area (Å²) in [5.74, 6) is 0. The van der Waals surface area contributed by atoms with Crippen LogP contribution in [0.3, 0.4) is 0 Å². The summed E-state index contributed by atoms with van der Waals surface area (Å²) >= 11 is 0. The predicted octanol–water partition coefficient (Wildman–Crippen LogP) is 1.11. The lowest BCUT2D eigenvalue weighted by atomic mass is 10.1. The highest BCUT2D eigenvalue weighted by molar-refractivity contribution is 5.85. The van der Waals surface area contributed by atoms with Crippen molar-refractivity contribution < 1.29 is 0 Å². The van der Waals surface area contributed by atoms with Crippen LogP contribution in [-0.4, -0.2) is 37.6 Å². The molecule has 0 saturated carbocycles. The maximum Gasteiger partial charge on any atom is 0.0116 e. The number of nitrogens with zero attached hydrogens (tertiary/aromatic N) is 1. The maximum absolute atomic E-state index is 3.37. The van der Waals surface area contributed by atoms with E-state index < -0.39 is 0 Å². The Kier molecular flexibility index (Phi) is 5.92. The van der Waals surface area contributed by atoms with Crippen molar-refractivity contribution in [2.24, 2.45) is 0 Å². The number of rotatable bonds is 2. The average molecular weight is 179 g/mol. The summed E-state index contributed by atoms with van der Waals surface area (Å²) < 4.78 is 0. The molecule has 1 heterocycles. The quantitative estimate of drug-likeness (QED) is 0.682. The van der Waals surface area contributed by atoms with Crippen molar-refractivity contribution >= 4 is 12.4 Å². The lowest BCUT2D eigenvalue weighted by Gasteiger charge is -2.30. The summed E-state index contributed by atoms with van der Waals surface area (Å²) in [6, 6.07) is 0.839. The molecule has 0 radical (unpaired) electrons. The monoisotopic (exact) mass is 178 g/mol. The zero-order valence-corrected chi connectivity index (χ0v) is 8.28. The molecule has 3 heteroatoms. The third-order valence-electron chi connectivity index (χ3n) is 2.43. The van der Waals surface area contributed by atoms with Gasteiger partial charge in [0.2, 0.25) is 0 Å². The van der Waals surface area contributed by atoms with Crippen molar-refractivity contribution in [1.29, 1.82) is 0 Å². The smallest absolute Gasteiger partial charge is 0.0116 e. The van der Waals surface area contributed by atoms with Gasteiger partial charge in [0, 0.05) is 6.04 Å². The van der Waals surface area contributed by atoms with Gasteiger partial charge in [-0.1, -0.05) is 6.92 Å². The van der Waals surface area contributed by atoms with E-state index >= 15 is 0 Å². The minimum Gasteiger partial charge on any atom is -0.317 e. The Morgan fingerprint density at radius 1 is 1.36 bits per heavy atom. The molecule has 1 N–H and O–H groups in total. The fraction of sp³-hybridized carbons (Fsp3) is 1.00. The van der Waals surface area contributed by atoms with Gasteiger partial charge >= 0.3 is 0 Å². The zero-order chi connectivity index (χ0) is 7.40. The fourth-order valence-electron chi connectivity index (χ4n) is 1.51. The number of piperidine rings is 1. The molecule has 0 unspecified atom stereocenters. The molecule has 1 fully saturated rings. The Morgan fingerprint density at radius 2 is 1.91 bits per heavy atom. The molecule has 0 spiro atoms. The minimum absolute atomic E-state index is 0. The van der Waals surface area contributed by atoms with Crippen molar-refractivity contribution in [2.45, 2.75) is 25.8 Å². The highest BCUT2D eigenvalue weighted by atomic mass is 35.5. The molecule has 1 rings (SSSR count). The van der Waals surface area contributed by atoms with Crippen LogP contribution in [0.25, 0.3) is 0 Å². The van der Waals surface area contributed by atoms with Crippen molar-refractivity contribution in [1.82, 2.24) is 10.2 Å². The van der Waals surface area contributed by atoms with E-state index in [4.69, 9.17) is 0 Å². The summed E-state index contributed by atoms with van der Waals surface area (Å²) in [6.07, 6.45) is 2.65. The second-order valence-electron chi connectivity index (χ2n) is 3.05. The van der Waals surface area contributed by atoms with Crippen LogP contribution in [0.5, 0.6) is 0 Å². The van der Waals surface area contributed by atoms with E-state index in [0.717, 1.165) is 6.04 Å². The molecule has 0 bridgehead atoms. The Labute approximate surface area is 75.8 Å². The Morgan fingerprint density at radius 3 is 2.36 bits per heavy atom. The van der Waals surface area contributed by atoms with Gasteiger partial charge in [-0.15, -0.1) is 12.4 Å². The van der Waals surface area contributed by atoms with Crippen molar-refractivity contribution in [3.63, 3.8) is 0 Å². The first-order chi connectivity index (χ1) is 4.84. The first-order valence-corrected chi connectivity index (χ1v) is 4.25. The Balaban J connectivity index is 0.000001000. The third kappa shape index (κ3) is 3.41. The van der Waals surface area contributed by atoms with Crippen LogP contribution < -0.4 is 5.32 Å². The van der Waals surface area contributed by atoms with E-state index in [0.29, 0.717) is 0 Å². The van der Waals surface area contributed by atoms with E-state index in [2.05, 4.69) is 24.2 Å². The van der Waals surface area contributed by atoms with Crippen molar-refractivity contribution in [3.8, 4) is 0 Å². The molecule has 0 aliphatic carbocycles. The van der Waals surface area contributed by atoms with Gasteiger partial charge in [0.25, 0.3) is 0 Å². The largest absolute Gasteiger partial charge is 0.317 e. The standard InChI is InChI=1S/C8H18N2.ClH/c1-3-10(2)8-4-6-9-7-5-8;/h8-9H,3-7H2,1-2H3;1H. The van der Waals surface area contributed by atoms with Crippen LogP contribution in [0.1, 0.15) is 19.8 Å².